The van der Waals surface area contributed by atoms with Crippen LogP contribution in [0.4, 0.5) is 4.79 Å². The molecule has 1 heterocycles. The van der Waals surface area contributed by atoms with Gasteiger partial charge in [0, 0.05) is 13.1 Å². The van der Waals surface area contributed by atoms with Crippen LogP contribution < -0.4 is 16.4 Å². The molecule has 10 heteroatoms. The van der Waals surface area contributed by atoms with Crippen LogP contribution >= 0.6 is 0 Å². The Morgan fingerprint density at radius 3 is 2.57 bits per heavy atom. The number of aromatic nitrogens is 3. The Labute approximate surface area is 120 Å². The fourth-order valence-corrected chi connectivity index (χ4v) is 1.47. The van der Waals surface area contributed by atoms with Crippen LogP contribution in [-0.4, -0.2) is 44.6 Å². The molecule has 0 bridgehead atoms. The number of amides is 3. The average Bonchev–Trinajstić information content (AvgIpc) is 2.78. The fourth-order valence-electron chi connectivity index (χ4n) is 1.47. The Balaban J connectivity index is 2.63. The Morgan fingerprint density at radius 2 is 2.05 bits per heavy atom. The fraction of sp³-hybridized carbons (Fsp3) is 0.545. The Bertz CT molecular complexity index is 539. The molecular formula is C11H18N6O4. The molecule has 5 N–H and O–H groups in total. The molecule has 21 heavy (non-hydrogen) atoms. The maximum atomic E-state index is 11.7. The second-order valence-electron chi connectivity index (χ2n) is 4.70. The highest BCUT2D eigenvalue weighted by Gasteiger charge is 2.19. The van der Waals surface area contributed by atoms with Crippen LogP contribution in [0.15, 0.2) is 0 Å². The van der Waals surface area contributed by atoms with E-state index in [0.29, 0.717) is 6.54 Å². The zero-order valence-corrected chi connectivity index (χ0v) is 11.8. The molecule has 1 aromatic heterocycles. The monoisotopic (exact) mass is 298 g/mol. The number of carboxylic acids is 1. The van der Waals surface area contributed by atoms with Gasteiger partial charge in [0.1, 0.15) is 6.54 Å². The Kier molecular flexibility index (Phi) is 5.79. The van der Waals surface area contributed by atoms with E-state index in [4.69, 9.17) is 10.8 Å². The largest absolute Gasteiger partial charge is 0.476 e. The number of rotatable bonds is 6. The van der Waals surface area contributed by atoms with E-state index in [1.165, 1.54) is 0 Å². The normalized spacial score (nSPS) is 10.5. The molecule has 0 aliphatic heterocycles. The quantitative estimate of drug-likeness (QED) is 0.521. The van der Waals surface area contributed by atoms with Gasteiger partial charge < -0.3 is 16.2 Å². The van der Waals surface area contributed by atoms with Crippen molar-refractivity contribution in [1.82, 2.24) is 25.6 Å². The van der Waals surface area contributed by atoms with Gasteiger partial charge in [-0.3, -0.25) is 10.1 Å². The molecule has 0 saturated heterocycles. The summed E-state index contributed by atoms with van der Waals surface area (Å²) >= 11 is 0. The second kappa shape index (κ2) is 7.33. The number of nitrogens with two attached hydrogens (primary N) is 1. The lowest BCUT2D eigenvalue weighted by molar-refractivity contribution is -0.120. The van der Waals surface area contributed by atoms with Gasteiger partial charge in [0.2, 0.25) is 5.91 Å². The number of carbonyl (C=O) groups is 3. The number of urea groups is 1. The maximum Gasteiger partial charge on any atom is 0.358 e. The molecular weight excluding hydrogens is 280 g/mol. The Hall–Kier alpha value is -2.49. The van der Waals surface area contributed by atoms with Crippen molar-refractivity contribution in [3.63, 3.8) is 0 Å². The number of nitrogens with zero attached hydrogens (tertiary/aromatic N) is 3. The zero-order valence-electron chi connectivity index (χ0n) is 11.8. The predicted octanol–water partition coefficient (Wildman–Crippen LogP) is -1.08. The van der Waals surface area contributed by atoms with E-state index in [0.717, 1.165) is 4.68 Å². The Morgan fingerprint density at radius 1 is 1.38 bits per heavy atom. The van der Waals surface area contributed by atoms with Crippen molar-refractivity contribution in [2.75, 3.05) is 6.54 Å². The third-order valence-corrected chi connectivity index (χ3v) is 2.45. The van der Waals surface area contributed by atoms with Gasteiger partial charge >= 0.3 is 12.0 Å². The highest BCUT2D eigenvalue weighted by atomic mass is 16.4. The lowest BCUT2D eigenvalue weighted by Crippen LogP contribution is -2.42. The zero-order chi connectivity index (χ0) is 16.0. The van der Waals surface area contributed by atoms with Gasteiger partial charge in [-0.25, -0.2) is 14.3 Å². The van der Waals surface area contributed by atoms with Crippen LogP contribution in [0.5, 0.6) is 0 Å². The van der Waals surface area contributed by atoms with Gasteiger partial charge in [-0.15, -0.1) is 5.10 Å². The minimum atomic E-state index is -1.28. The van der Waals surface area contributed by atoms with Crippen molar-refractivity contribution in [1.29, 1.82) is 0 Å². The van der Waals surface area contributed by atoms with Gasteiger partial charge in [-0.05, 0) is 5.92 Å². The summed E-state index contributed by atoms with van der Waals surface area (Å²) in [6.45, 7) is 3.78. The van der Waals surface area contributed by atoms with Crippen molar-refractivity contribution in [2.24, 2.45) is 11.7 Å². The number of imide groups is 1. The van der Waals surface area contributed by atoms with Crippen molar-refractivity contribution >= 4 is 17.9 Å². The number of carboxylic acid groups (broad SMARTS) is 1. The minimum Gasteiger partial charge on any atom is -0.476 e. The molecule has 0 aliphatic rings. The van der Waals surface area contributed by atoms with Crippen molar-refractivity contribution in [3.8, 4) is 0 Å². The molecule has 0 aromatic carbocycles. The number of nitrogens with one attached hydrogen (secondary N) is 2. The molecule has 0 unspecified atom stereocenters. The summed E-state index contributed by atoms with van der Waals surface area (Å²) in [5, 5.41) is 20.5. The first kappa shape index (κ1) is 16.6. The van der Waals surface area contributed by atoms with Gasteiger partial charge in [0.15, 0.2) is 5.69 Å². The summed E-state index contributed by atoms with van der Waals surface area (Å²) in [4.78, 5) is 33.9. The molecule has 1 rings (SSSR count). The molecule has 0 spiro atoms. The molecule has 116 valence electrons. The van der Waals surface area contributed by atoms with E-state index in [9.17, 15) is 14.4 Å². The van der Waals surface area contributed by atoms with Crippen molar-refractivity contribution in [3.05, 3.63) is 11.4 Å². The number of carbonyl (C=O) groups excluding carboxylic acids is 2. The highest BCUT2D eigenvalue weighted by Crippen LogP contribution is 2.04. The van der Waals surface area contributed by atoms with Gasteiger partial charge in [0.25, 0.3) is 0 Å². The highest BCUT2D eigenvalue weighted by molar-refractivity contribution is 5.94. The van der Waals surface area contributed by atoms with Crippen LogP contribution in [0.2, 0.25) is 0 Å². The van der Waals surface area contributed by atoms with Crippen molar-refractivity contribution < 1.29 is 19.5 Å². The SMILES string of the molecule is CC(C)CNC(=O)NC(=O)Cn1nnc(C(=O)O)c1CN. The summed E-state index contributed by atoms with van der Waals surface area (Å²) in [7, 11) is 0. The molecule has 0 aliphatic carbocycles. The lowest BCUT2D eigenvalue weighted by atomic mass is 10.2. The van der Waals surface area contributed by atoms with Gasteiger partial charge in [0.05, 0.1) is 5.69 Å². The van der Waals surface area contributed by atoms with Crippen LogP contribution in [0.3, 0.4) is 0 Å². The molecule has 0 radical (unpaired) electrons. The maximum absolute atomic E-state index is 11.7. The first-order valence-electron chi connectivity index (χ1n) is 6.28. The lowest BCUT2D eigenvalue weighted by Gasteiger charge is -2.09. The number of hydrogen-bond donors (Lipinski definition) is 4. The molecule has 10 nitrogen and oxygen atoms in total. The van der Waals surface area contributed by atoms with E-state index < -0.39 is 17.9 Å². The van der Waals surface area contributed by atoms with Crippen LogP contribution in [-0.2, 0) is 17.9 Å². The molecule has 0 saturated carbocycles. The number of hydrogen-bond acceptors (Lipinski definition) is 6. The van der Waals surface area contributed by atoms with E-state index in [2.05, 4.69) is 20.9 Å². The minimum absolute atomic E-state index is 0.111. The summed E-state index contributed by atoms with van der Waals surface area (Å²) in [6, 6.07) is -0.624. The summed E-state index contributed by atoms with van der Waals surface area (Å²) in [5.41, 5.74) is 5.22. The second-order valence-corrected chi connectivity index (χ2v) is 4.70. The predicted molar refractivity (Wildman–Crippen MR) is 71.3 cm³/mol. The van der Waals surface area contributed by atoms with E-state index in [1.54, 1.807) is 0 Å². The van der Waals surface area contributed by atoms with Crippen molar-refractivity contribution in [2.45, 2.75) is 26.9 Å². The van der Waals surface area contributed by atoms with Gasteiger partial charge in [-0.2, -0.15) is 0 Å². The molecule has 0 atom stereocenters. The molecule has 1 aromatic rings. The summed E-state index contributed by atoms with van der Waals surface area (Å²) in [5.74, 6) is -1.67. The van der Waals surface area contributed by atoms with Gasteiger partial charge in [-0.1, -0.05) is 19.1 Å². The first-order chi connectivity index (χ1) is 9.85. The van der Waals surface area contributed by atoms with Crippen LogP contribution in [0.25, 0.3) is 0 Å². The van der Waals surface area contributed by atoms with E-state index in [1.807, 2.05) is 13.8 Å². The smallest absolute Gasteiger partial charge is 0.358 e. The number of aromatic carboxylic acids is 1. The van der Waals surface area contributed by atoms with Crippen LogP contribution in [0, 0.1) is 5.92 Å². The third-order valence-electron chi connectivity index (χ3n) is 2.45. The first-order valence-corrected chi connectivity index (χ1v) is 6.28. The summed E-state index contributed by atoms with van der Waals surface area (Å²) < 4.78 is 1.05. The van der Waals surface area contributed by atoms with Crippen LogP contribution in [0.1, 0.15) is 30.0 Å². The van der Waals surface area contributed by atoms with E-state index in [-0.39, 0.29) is 30.4 Å². The van der Waals surface area contributed by atoms with E-state index >= 15 is 0 Å². The molecule has 3 amide bonds. The third kappa shape index (κ3) is 4.84. The standard InChI is InChI=1S/C11H18N6O4/c1-6(2)4-13-11(21)14-8(18)5-17-7(3-12)9(10(19)20)15-16-17/h6H,3-5,12H2,1-2H3,(H,19,20)(H2,13,14,18,21). The average molecular weight is 298 g/mol. The summed E-state index contributed by atoms with van der Waals surface area (Å²) in [6.07, 6.45) is 0. The topological polar surface area (TPSA) is 152 Å². The molecule has 0 fully saturated rings.